The summed E-state index contributed by atoms with van der Waals surface area (Å²) in [4.78, 5) is 24.0. The summed E-state index contributed by atoms with van der Waals surface area (Å²) in [6, 6.07) is 26.2. The second-order valence-corrected chi connectivity index (χ2v) is 13.9. The molecule has 12 heteroatoms. The Morgan fingerprint density at radius 2 is 1.09 bits per heavy atom. The van der Waals surface area contributed by atoms with Crippen molar-refractivity contribution in [2.24, 2.45) is 0 Å². The number of nitrogens with zero attached hydrogens (tertiary/aromatic N) is 2. The van der Waals surface area contributed by atoms with Gasteiger partial charge in [0, 0.05) is 18.0 Å². The van der Waals surface area contributed by atoms with Crippen molar-refractivity contribution in [2.45, 2.75) is 42.9 Å². The van der Waals surface area contributed by atoms with E-state index in [4.69, 9.17) is 0 Å². The van der Waals surface area contributed by atoms with Gasteiger partial charge in [-0.15, -0.1) is 0 Å². The SMILES string of the molecule is Cc1ccc(S(=O)(=O)n2ccc(CCCc3ccccc3)c(O)c2=O)cc1.Cc1ccc(S(=O)(=O)n2cccc(O)c2=O)cc1. The van der Waals surface area contributed by atoms with Crippen molar-refractivity contribution in [1.29, 1.82) is 0 Å². The van der Waals surface area contributed by atoms with Crippen LogP contribution in [0.3, 0.4) is 0 Å². The third-order valence-electron chi connectivity index (χ3n) is 6.92. The predicted molar refractivity (Wildman–Crippen MR) is 171 cm³/mol. The molecule has 2 aromatic heterocycles. The zero-order valence-corrected chi connectivity index (χ0v) is 26.2. The molecule has 5 aromatic rings. The molecule has 0 spiro atoms. The van der Waals surface area contributed by atoms with Crippen molar-refractivity contribution in [3.8, 4) is 11.5 Å². The molecular formula is C33H32N2O8S2. The van der Waals surface area contributed by atoms with Gasteiger partial charge in [-0.25, -0.2) is 24.8 Å². The first-order chi connectivity index (χ1) is 21.3. The fourth-order valence-electron chi connectivity index (χ4n) is 4.37. The van der Waals surface area contributed by atoms with E-state index in [1.54, 1.807) is 24.3 Å². The van der Waals surface area contributed by atoms with Crippen LogP contribution in [0.15, 0.2) is 129 Å². The normalized spacial score (nSPS) is 11.4. The maximum Gasteiger partial charge on any atom is 0.306 e. The van der Waals surface area contributed by atoms with Gasteiger partial charge >= 0.3 is 11.1 Å². The highest BCUT2D eigenvalue weighted by atomic mass is 32.2. The fourth-order valence-corrected chi connectivity index (χ4v) is 6.85. The lowest BCUT2D eigenvalue weighted by Crippen LogP contribution is -2.27. The summed E-state index contributed by atoms with van der Waals surface area (Å²) in [5.41, 5.74) is 1.57. The monoisotopic (exact) mass is 648 g/mol. The lowest BCUT2D eigenvalue weighted by molar-refractivity contribution is 0.455. The van der Waals surface area contributed by atoms with Gasteiger partial charge in [0.05, 0.1) is 9.79 Å². The molecule has 234 valence electrons. The Hall–Kier alpha value is -4.94. The molecule has 3 aromatic carbocycles. The minimum atomic E-state index is -4.04. The maximum absolute atomic E-state index is 12.7. The number of hydrogen-bond donors (Lipinski definition) is 2. The Morgan fingerprint density at radius 1 is 0.578 bits per heavy atom. The average Bonchev–Trinajstić information content (AvgIpc) is 3.02. The Morgan fingerprint density at radius 3 is 1.62 bits per heavy atom. The highest BCUT2D eigenvalue weighted by Gasteiger charge is 2.21. The van der Waals surface area contributed by atoms with Gasteiger partial charge in [-0.2, -0.15) is 0 Å². The first kappa shape index (κ1) is 33.0. The largest absolute Gasteiger partial charge is 0.503 e. The van der Waals surface area contributed by atoms with Crippen LogP contribution in [0.5, 0.6) is 11.5 Å². The van der Waals surface area contributed by atoms with Gasteiger partial charge in [0.25, 0.3) is 20.0 Å². The van der Waals surface area contributed by atoms with E-state index >= 15 is 0 Å². The lowest BCUT2D eigenvalue weighted by atomic mass is 10.0. The van der Waals surface area contributed by atoms with Gasteiger partial charge in [0.15, 0.2) is 11.5 Å². The topological polar surface area (TPSA) is 153 Å². The van der Waals surface area contributed by atoms with Crippen LogP contribution in [0.25, 0.3) is 0 Å². The van der Waals surface area contributed by atoms with Gasteiger partial charge < -0.3 is 10.2 Å². The molecule has 2 heterocycles. The van der Waals surface area contributed by atoms with Crippen LogP contribution in [-0.2, 0) is 32.9 Å². The highest BCUT2D eigenvalue weighted by molar-refractivity contribution is 7.90. The Bertz CT molecular complexity index is 2120. The average molecular weight is 649 g/mol. The van der Waals surface area contributed by atoms with Crippen molar-refractivity contribution in [3.63, 3.8) is 0 Å². The maximum atomic E-state index is 12.7. The van der Waals surface area contributed by atoms with Crippen LogP contribution in [0, 0.1) is 13.8 Å². The minimum absolute atomic E-state index is 0.000741. The summed E-state index contributed by atoms with van der Waals surface area (Å²) >= 11 is 0. The Labute approximate surface area is 261 Å². The molecule has 0 fully saturated rings. The van der Waals surface area contributed by atoms with E-state index in [1.807, 2.05) is 44.2 Å². The molecule has 0 aliphatic carbocycles. The minimum Gasteiger partial charge on any atom is -0.503 e. The first-order valence-electron chi connectivity index (χ1n) is 13.8. The zero-order chi connectivity index (χ0) is 32.8. The first-order valence-corrected chi connectivity index (χ1v) is 16.7. The molecule has 0 radical (unpaired) electrons. The van der Waals surface area contributed by atoms with Crippen LogP contribution in [0.1, 0.15) is 28.7 Å². The van der Waals surface area contributed by atoms with E-state index in [2.05, 4.69) is 0 Å². The van der Waals surface area contributed by atoms with Gasteiger partial charge in [-0.3, -0.25) is 9.59 Å². The van der Waals surface area contributed by atoms with E-state index in [0.717, 1.165) is 36.2 Å². The molecule has 5 rings (SSSR count). The highest BCUT2D eigenvalue weighted by Crippen LogP contribution is 2.19. The number of rotatable bonds is 8. The summed E-state index contributed by atoms with van der Waals surface area (Å²) < 4.78 is 50.8. The number of benzene rings is 3. The van der Waals surface area contributed by atoms with E-state index in [1.165, 1.54) is 48.2 Å². The van der Waals surface area contributed by atoms with E-state index in [9.17, 15) is 36.6 Å². The van der Waals surface area contributed by atoms with Gasteiger partial charge in [0.2, 0.25) is 0 Å². The van der Waals surface area contributed by atoms with Crippen LogP contribution in [0.4, 0.5) is 0 Å². The number of hydrogen-bond acceptors (Lipinski definition) is 8. The fraction of sp³-hybridized carbons (Fsp3) is 0.152. The summed E-state index contributed by atoms with van der Waals surface area (Å²) in [5.74, 6) is -1.12. The molecule has 0 aliphatic heterocycles. The molecule has 0 saturated heterocycles. The van der Waals surface area contributed by atoms with Gasteiger partial charge in [-0.1, -0.05) is 65.7 Å². The second kappa shape index (κ2) is 13.8. The molecule has 0 aliphatic rings. The summed E-state index contributed by atoms with van der Waals surface area (Å²) in [5, 5.41) is 19.5. The quantitative estimate of drug-likeness (QED) is 0.252. The van der Waals surface area contributed by atoms with Crippen LogP contribution < -0.4 is 11.1 Å². The smallest absolute Gasteiger partial charge is 0.306 e. The van der Waals surface area contributed by atoms with Crippen molar-refractivity contribution >= 4 is 20.0 Å². The third kappa shape index (κ3) is 7.59. The molecule has 0 unspecified atom stereocenters. The third-order valence-corrected chi connectivity index (χ3v) is 10.3. The number of aromatic hydroxyl groups is 2. The molecule has 0 atom stereocenters. The molecular weight excluding hydrogens is 617 g/mol. The van der Waals surface area contributed by atoms with Gasteiger partial charge in [-0.05, 0) is 81.1 Å². The second-order valence-electron chi connectivity index (χ2n) is 10.3. The number of pyridine rings is 2. The predicted octanol–water partition coefficient (Wildman–Crippen LogP) is 4.37. The van der Waals surface area contributed by atoms with Crippen LogP contribution in [0.2, 0.25) is 0 Å². The summed E-state index contributed by atoms with van der Waals surface area (Å²) in [7, 11) is -8.01. The van der Waals surface area contributed by atoms with Crippen molar-refractivity contribution in [1.82, 2.24) is 7.94 Å². The molecule has 45 heavy (non-hydrogen) atoms. The van der Waals surface area contributed by atoms with Crippen molar-refractivity contribution < 1.29 is 27.0 Å². The van der Waals surface area contributed by atoms with Crippen molar-refractivity contribution in [3.05, 3.63) is 152 Å². The van der Waals surface area contributed by atoms with Crippen LogP contribution >= 0.6 is 0 Å². The molecule has 0 saturated carbocycles. The van der Waals surface area contributed by atoms with Gasteiger partial charge in [0.1, 0.15) is 0 Å². The summed E-state index contributed by atoms with van der Waals surface area (Å²) in [6.07, 6.45) is 4.37. The molecule has 2 N–H and O–H groups in total. The molecule has 0 amide bonds. The molecule has 10 nitrogen and oxygen atoms in total. The van der Waals surface area contributed by atoms with Crippen molar-refractivity contribution in [2.75, 3.05) is 0 Å². The number of aryl methyl sites for hydroxylation is 4. The number of aromatic nitrogens is 2. The van der Waals surface area contributed by atoms with E-state index in [0.29, 0.717) is 19.9 Å². The summed E-state index contributed by atoms with van der Waals surface area (Å²) in [6.45, 7) is 3.68. The zero-order valence-electron chi connectivity index (χ0n) is 24.6. The molecule has 0 bridgehead atoms. The standard InChI is InChI=1S/C21H21NO4S.C12H11NO4S/c1-16-10-12-19(13-11-16)27(25,26)22-15-14-18(20(23)21(22)24)9-5-8-17-6-3-2-4-7-17;1-9-4-6-10(7-5-9)18(16,17)13-8-2-3-11(14)12(13)15/h2-4,6-7,10-15,23H,5,8-9H2,1H3;2-8,14H,1H3. The Balaban J connectivity index is 0.000000222. The van der Waals surface area contributed by atoms with E-state index in [-0.39, 0.29) is 9.79 Å². The van der Waals surface area contributed by atoms with E-state index < -0.39 is 42.7 Å². The Kier molecular flexibility index (Phi) is 10.1. The lowest BCUT2D eigenvalue weighted by Gasteiger charge is -2.11. The van der Waals surface area contributed by atoms with Crippen LogP contribution in [-0.4, -0.2) is 35.0 Å².